The molecule has 0 bridgehead atoms. The molecule has 0 aliphatic rings. The van der Waals surface area contributed by atoms with Crippen molar-refractivity contribution in [1.82, 2.24) is 0 Å². The molecular weight excluding hydrogens is 262 g/mol. The molecule has 2 aromatic carbocycles. The van der Waals surface area contributed by atoms with Crippen LogP contribution >= 0.6 is 11.6 Å². The Balaban J connectivity index is 2.41. The second kappa shape index (κ2) is 5.30. The molecule has 19 heavy (non-hydrogen) atoms. The summed E-state index contributed by atoms with van der Waals surface area (Å²) in [4.78, 5) is 0. The molecule has 0 saturated heterocycles. The van der Waals surface area contributed by atoms with Gasteiger partial charge in [0.2, 0.25) is 0 Å². The van der Waals surface area contributed by atoms with Crippen LogP contribution in [0.4, 0.5) is 5.69 Å². The lowest BCUT2D eigenvalue weighted by Gasteiger charge is -2.10. The molecule has 2 rings (SSSR count). The quantitative estimate of drug-likeness (QED) is 0.846. The maximum absolute atomic E-state index is 9.04. The molecule has 0 fully saturated rings. The number of nitriles is 2. The van der Waals surface area contributed by atoms with Gasteiger partial charge < -0.3 is 10.5 Å². The molecule has 0 radical (unpaired) electrons. The highest BCUT2D eigenvalue weighted by atomic mass is 35.5. The van der Waals surface area contributed by atoms with Crippen molar-refractivity contribution in [2.24, 2.45) is 0 Å². The Morgan fingerprint density at radius 3 is 2.47 bits per heavy atom. The van der Waals surface area contributed by atoms with Gasteiger partial charge in [-0.2, -0.15) is 10.5 Å². The molecular formula is C14H8ClN3O. The van der Waals surface area contributed by atoms with E-state index in [9.17, 15) is 0 Å². The molecule has 2 N–H and O–H groups in total. The molecule has 5 heteroatoms. The predicted octanol–water partition coefficient (Wildman–Crippen LogP) is 3.46. The molecule has 0 heterocycles. The van der Waals surface area contributed by atoms with Gasteiger partial charge in [0.1, 0.15) is 23.1 Å². The van der Waals surface area contributed by atoms with Crippen LogP contribution in [0, 0.1) is 22.7 Å². The van der Waals surface area contributed by atoms with Crippen molar-refractivity contribution < 1.29 is 4.74 Å². The zero-order chi connectivity index (χ0) is 13.8. The van der Waals surface area contributed by atoms with Crippen LogP contribution in [0.25, 0.3) is 0 Å². The Morgan fingerprint density at radius 1 is 1.05 bits per heavy atom. The summed E-state index contributed by atoms with van der Waals surface area (Å²) < 4.78 is 5.57. The number of hydrogen-bond acceptors (Lipinski definition) is 4. The van der Waals surface area contributed by atoms with Crippen LogP contribution in [0.5, 0.6) is 11.5 Å². The van der Waals surface area contributed by atoms with Crippen LogP contribution in [0.3, 0.4) is 0 Å². The molecule has 0 atom stereocenters. The summed E-state index contributed by atoms with van der Waals surface area (Å²) in [5, 5.41) is 18.1. The molecule has 4 nitrogen and oxygen atoms in total. The van der Waals surface area contributed by atoms with Crippen LogP contribution in [0.1, 0.15) is 11.1 Å². The third-order valence-corrected chi connectivity index (χ3v) is 2.76. The minimum Gasteiger partial charge on any atom is -0.454 e. The van der Waals surface area contributed by atoms with Crippen LogP contribution in [-0.4, -0.2) is 0 Å². The number of anilines is 1. The zero-order valence-electron chi connectivity index (χ0n) is 9.72. The van der Waals surface area contributed by atoms with Crippen LogP contribution in [0.2, 0.25) is 5.02 Å². The van der Waals surface area contributed by atoms with Gasteiger partial charge in [-0.1, -0.05) is 17.7 Å². The number of hydrogen-bond donors (Lipinski definition) is 1. The molecule has 0 amide bonds. The van der Waals surface area contributed by atoms with E-state index >= 15 is 0 Å². The fourth-order valence-corrected chi connectivity index (χ4v) is 1.74. The first kappa shape index (κ1) is 12.8. The van der Waals surface area contributed by atoms with Gasteiger partial charge >= 0.3 is 0 Å². The zero-order valence-corrected chi connectivity index (χ0v) is 10.5. The highest BCUT2D eigenvalue weighted by Gasteiger charge is 2.10. The van der Waals surface area contributed by atoms with Crippen molar-refractivity contribution in [1.29, 1.82) is 10.5 Å². The van der Waals surface area contributed by atoms with Gasteiger partial charge in [-0.05, 0) is 30.3 Å². The SMILES string of the molecule is N#Cc1ccc(Oc2cccc(Cl)c2C#N)c(N)c1. The van der Waals surface area contributed by atoms with Crippen molar-refractivity contribution in [3.63, 3.8) is 0 Å². The third-order valence-electron chi connectivity index (χ3n) is 2.45. The first-order chi connectivity index (χ1) is 9.15. The van der Waals surface area contributed by atoms with Crippen molar-refractivity contribution in [2.45, 2.75) is 0 Å². The van der Waals surface area contributed by atoms with E-state index in [1.807, 2.05) is 12.1 Å². The van der Waals surface area contributed by atoms with E-state index in [0.717, 1.165) is 0 Å². The van der Waals surface area contributed by atoms with Crippen molar-refractivity contribution in [2.75, 3.05) is 5.73 Å². The number of rotatable bonds is 2. The first-order valence-corrected chi connectivity index (χ1v) is 5.69. The van der Waals surface area contributed by atoms with Gasteiger partial charge in [0.25, 0.3) is 0 Å². The number of nitrogen functional groups attached to an aromatic ring is 1. The summed E-state index contributed by atoms with van der Waals surface area (Å²) in [6.45, 7) is 0. The second-order valence-corrected chi connectivity index (χ2v) is 4.10. The van der Waals surface area contributed by atoms with E-state index in [0.29, 0.717) is 27.8 Å². The highest BCUT2D eigenvalue weighted by Crippen LogP contribution is 2.32. The second-order valence-electron chi connectivity index (χ2n) is 3.69. The largest absolute Gasteiger partial charge is 0.454 e. The number of ether oxygens (including phenoxy) is 1. The van der Waals surface area contributed by atoms with Crippen LogP contribution < -0.4 is 10.5 Å². The minimum absolute atomic E-state index is 0.243. The van der Waals surface area contributed by atoms with Crippen molar-refractivity contribution in [3.8, 4) is 23.6 Å². The smallest absolute Gasteiger partial charge is 0.150 e. The Morgan fingerprint density at radius 2 is 1.84 bits per heavy atom. The topological polar surface area (TPSA) is 82.8 Å². The lowest BCUT2D eigenvalue weighted by molar-refractivity contribution is 0.483. The third kappa shape index (κ3) is 2.60. The van der Waals surface area contributed by atoms with Gasteiger partial charge in [0.05, 0.1) is 22.3 Å². The van der Waals surface area contributed by atoms with Gasteiger partial charge in [-0.3, -0.25) is 0 Å². The fraction of sp³-hybridized carbons (Fsp3) is 0. The molecule has 0 unspecified atom stereocenters. The molecule has 92 valence electrons. The number of nitrogens with zero attached hydrogens (tertiary/aromatic N) is 2. The van der Waals surface area contributed by atoms with E-state index in [4.69, 9.17) is 32.6 Å². The Labute approximate surface area is 115 Å². The van der Waals surface area contributed by atoms with Gasteiger partial charge in [-0.15, -0.1) is 0 Å². The fourth-order valence-electron chi connectivity index (χ4n) is 1.53. The lowest BCUT2D eigenvalue weighted by Crippen LogP contribution is -1.94. The molecule has 0 aliphatic heterocycles. The van der Waals surface area contributed by atoms with E-state index in [-0.39, 0.29) is 5.56 Å². The minimum atomic E-state index is 0.243. The van der Waals surface area contributed by atoms with E-state index < -0.39 is 0 Å². The number of halogens is 1. The maximum Gasteiger partial charge on any atom is 0.150 e. The van der Waals surface area contributed by atoms with E-state index in [2.05, 4.69) is 0 Å². The van der Waals surface area contributed by atoms with E-state index in [1.54, 1.807) is 30.3 Å². The van der Waals surface area contributed by atoms with Crippen molar-refractivity contribution in [3.05, 3.63) is 52.5 Å². The average molecular weight is 270 g/mol. The predicted molar refractivity (Wildman–Crippen MR) is 71.8 cm³/mol. The van der Waals surface area contributed by atoms with Gasteiger partial charge in [-0.25, -0.2) is 0 Å². The molecule has 2 aromatic rings. The summed E-state index contributed by atoms with van der Waals surface area (Å²) in [7, 11) is 0. The highest BCUT2D eigenvalue weighted by molar-refractivity contribution is 6.31. The molecule has 0 saturated carbocycles. The average Bonchev–Trinajstić information content (AvgIpc) is 2.41. The normalized spacial score (nSPS) is 9.42. The number of benzene rings is 2. The summed E-state index contributed by atoms with van der Waals surface area (Å²) in [5.74, 6) is 0.698. The Hall–Kier alpha value is -2.69. The Kier molecular flexibility index (Phi) is 3.56. The lowest BCUT2D eigenvalue weighted by atomic mass is 10.2. The summed E-state index contributed by atoms with van der Waals surface area (Å²) in [6, 6.07) is 13.5. The number of nitrogens with two attached hydrogens (primary N) is 1. The summed E-state index contributed by atoms with van der Waals surface area (Å²) in [5.41, 5.74) is 6.79. The van der Waals surface area contributed by atoms with Crippen LogP contribution in [0.15, 0.2) is 36.4 Å². The molecule has 0 aliphatic carbocycles. The Bertz CT molecular complexity index is 714. The summed E-state index contributed by atoms with van der Waals surface area (Å²) >= 11 is 5.91. The van der Waals surface area contributed by atoms with Crippen LogP contribution in [-0.2, 0) is 0 Å². The van der Waals surface area contributed by atoms with E-state index in [1.165, 1.54) is 6.07 Å². The first-order valence-electron chi connectivity index (χ1n) is 5.32. The molecule has 0 spiro atoms. The van der Waals surface area contributed by atoms with Crippen molar-refractivity contribution >= 4 is 17.3 Å². The monoisotopic (exact) mass is 269 g/mol. The summed E-state index contributed by atoms with van der Waals surface area (Å²) in [6.07, 6.45) is 0. The maximum atomic E-state index is 9.04. The van der Waals surface area contributed by atoms with Gasteiger partial charge in [0.15, 0.2) is 0 Å². The standard InChI is InChI=1S/C14H8ClN3O/c15-11-2-1-3-13(10(11)8-17)19-14-5-4-9(7-16)6-12(14)18/h1-6H,18H2. The van der Waals surface area contributed by atoms with Gasteiger partial charge in [0, 0.05) is 0 Å². The molecule has 0 aromatic heterocycles.